The smallest absolute Gasteiger partial charge is 0.229 e. The maximum atomic E-state index is 12.6. The molecule has 3 heterocycles. The summed E-state index contributed by atoms with van der Waals surface area (Å²) in [6.45, 7) is 7.01. The van der Waals surface area contributed by atoms with Gasteiger partial charge in [0.1, 0.15) is 5.82 Å². The Hall–Kier alpha value is -1.69. The van der Waals surface area contributed by atoms with Gasteiger partial charge < -0.3 is 15.1 Å². The van der Waals surface area contributed by atoms with E-state index in [1.807, 2.05) is 4.90 Å². The summed E-state index contributed by atoms with van der Waals surface area (Å²) in [6, 6.07) is 0. The molecule has 0 aliphatic carbocycles. The van der Waals surface area contributed by atoms with Crippen molar-refractivity contribution in [2.45, 2.75) is 13.3 Å². The first-order valence-electron chi connectivity index (χ1n) is 7.20. The number of carbonyl (C=O) groups excluding carboxylic acids is 1. The molecular formula is C14H21N5O. The Bertz CT molecular complexity index is 464. The number of aromatic nitrogens is 2. The Labute approximate surface area is 119 Å². The van der Waals surface area contributed by atoms with Crippen LogP contribution in [0.1, 0.15) is 13.3 Å². The van der Waals surface area contributed by atoms with Gasteiger partial charge in [-0.3, -0.25) is 9.78 Å². The van der Waals surface area contributed by atoms with Gasteiger partial charge in [0, 0.05) is 45.1 Å². The Morgan fingerprint density at radius 1 is 1.30 bits per heavy atom. The number of piperazine rings is 1. The highest BCUT2D eigenvalue weighted by Crippen LogP contribution is 2.28. The molecule has 108 valence electrons. The van der Waals surface area contributed by atoms with E-state index in [1.54, 1.807) is 18.6 Å². The van der Waals surface area contributed by atoms with Crippen molar-refractivity contribution < 1.29 is 4.79 Å². The van der Waals surface area contributed by atoms with Gasteiger partial charge in [-0.25, -0.2) is 4.98 Å². The van der Waals surface area contributed by atoms with Gasteiger partial charge in [-0.2, -0.15) is 0 Å². The van der Waals surface area contributed by atoms with E-state index < -0.39 is 0 Å². The minimum Gasteiger partial charge on any atom is -0.352 e. The molecule has 3 rings (SSSR count). The number of amides is 1. The fraction of sp³-hybridized carbons (Fsp3) is 0.643. The predicted molar refractivity (Wildman–Crippen MR) is 76.4 cm³/mol. The maximum Gasteiger partial charge on any atom is 0.229 e. The van der Waals surface area contributed by atoms with Crippen LogP contribution < -0.4 is 10.2 Å². The lowest BCUT2D eigenvalue weighted by Crippen LogP contribution is -2.53. The lowest BCUT2D eigenvalue weighted by atomic mass is 9.88. The summed E-state index contributed by atoms with van der Waals surface area (Å²) in [6.07, 6.45) is 6.10. The Kier molecular flexibility index (Phi) is 3.56. The highest BCUT2D eigenvalue weighted by Gasteiger charge is 2.39. The van der Waals surface area contributed by atoms with Crippen molar-refractivity contribution in [2.24, 2.45) is 5.41 Å². The molecule has 0 spiro atoms. The van der Waals surface area contributed by atoms with Crippen LogP contribution >= 0.6 is 0 Å². The number of hydrogen-bond acceptors (Lipinski definition) is 5. The molecule has 0 radical (unpaired) electrons. The van der Waals surface area contributed by atoms with Crippen LogP contribution in [0, 0.1) is 5.41 Å². The molecule has 0 aromatic carbocycles. The van der Waals surface area contributed by atoms with E-state index in [4.69, 9.17) is 0 Å². The molecule has 0 bridgehead atoms. The summed E-state index contributed by atoms with van der Waals surface area (Å²) < 4.78 is 0. The second-order valence-corrected chi connectivity index (χ2v) is 5.83. The van der Waals surface area contributed by atoms with Gasteiger partial charge in [-0.05, 0) is 19.9 Å². The lowest BCUT2D eigenvalue weighted by Gasteiger charge is -2.38. The second-order valence-electron chi connectivity index (χ2n) is 5.83. The van der Waals surface area contributed by atoms with Gasteiger partial charge in [0.15, 0.2) is 0 Å². The number of hydrogen-bond donors (Lipinski definition) is 1. The molecule has 20 heavy (non-hydrogen) atoms. The van der Waals surface area contributed by atoms with E-state index in [1.165, 1.54) is 0 Å². The zero-order valence-electron chi connectivity index (χ0n) is 11.9. The maximum absolute atomic E-state index is 12.6. The largest absolute Gasteiger partial charge is 0.352 e. The van der Waals surface area contributed by atoms with Crippen LogP contribution in [0.3, 0.4) is 0 Å². The van der Waals surface area contributed by atoms with Crippen molar-refractivity contribution in [3.8, 4) is 0 Å². The fourth-order valence-electron chi connectivity index (χ4n) is 2.97. The van der Waals surface area contributed by atoms with E-state index in [0.29, 0.717) is 5.91 Å². The van der Waals surface area contributed by atoms with E-state index in [9.17, 15) is 4.79 Å². The van der Waals surface area contributed by atoms with Gasteiger partial charge in [0.05, 0.1) is 11.6 Å². The summed E-state index contributed by atoms with van der Waals surface area (Å²) in [5.41, 5.74) is -0.214. The van der Waals surface area contributed by atoms with E-state index in [0.717, 1.165) is 51.5 Å². The van der Waals surface area contributed by atoms with Crippen LogP contribution in [-0.2, 0) is 4.79 Å². The molecule has 2 fully saturated rings. The van der Waals surface area contributed by atoms with Gasteiger partial charge in [-0.1, -0.05) is 0 Å². The number of nitrogens with zero attached hydrogens (tertiary/aromatic N) is 4. The number of carbonyl (C=O) groups is 1. The topological polar surface area (TPSA) is 61.4 Å². The second kappa shape index (κ2) is 5.36. The van der Waals surface area contributed by atoms with Crippen molar-refractivity contribution in [3.63, 3.8) is 0 Å². The van der Waals surface area contributed by atoms with Crippen molar-refractivity contribution in [1.82, 2.24) is 20.2 Å². The minimum absolute atomic E-state index is 0.214. The van der Waals surface area contributed by atoms with E-state index in [2.05, 4.69) is 27.1 Å². The molecule has 1 atom stereocenters. The van der Waals surface area contributed by atoms with Gasteiger partial charge >= 0.3 is 0 Å². The third kappa shape index (κ3) is 2.47. The number of nitrogens with one attached hydrogen (secondary N) is 1. The Morgan fingerprint density at radius 2 is 2.10 bits per heavy atom. The third-order valence-electron chi connectivity index (χ3n) is 4.33. The molecule has 1 aromatic rings. The number of rotatable bonds is 2. The van der Waals surface area contributed by atoms with Gasteiger partial charge in [-0.15, -0.1) is 0 Å². The summed E-state index contributed by atoms with van der Waals surface area (Å²) in [7, 11) is 0. The highest BCUT2D eigenvalue weighted by molar-refractivity contribution is 5.83. The molecule has 1 aromatic heterocycles. The highest BCUT2D eigenvalue weighted by atomic mass is 16.2. The molecule has 1 amide bonds. The van der Waals surface area contributed by atoms with Gasteiger partial charge in [0.25, 0.3) is 0 Å². The quantitative estimate of drug-likeness (QED) is 0.831. The molecule has 0 saturated carbocycles. The van der Waals surface area contributed by atoms with Crippen molar-refractivity contribution in [1.29, 1.82) is 0 Å². The molecular weight excluding hydrogens is 254 g/mol. The van der Waals surface area contributed by atoms with E-state index in [-0.39, 0.29) is 5.41 Å². The van der Waals surface area contributed by atoms with Crippen molar-refractivity contribution in [2.75, 3.05) is 44.2 Å². The SMILES string of the molecule is CC1(C(=O)N2CCN(c3cnccn3)CC2)CCNC1. The van der Waals surface area contributed by atoms with Crippen LogP contribution in [-0.4, -0.2) is 60.0 Å². The van der Waals surface area contributed by atoms with E-state index >= 15 is 0 Å². The number of anilines is 1. The molecule has 2 aliphatic rings. The van der Waals surface area contributed by atoms with Crippen LogP contribution in [0.25, 0.3) is 0 Å². The third-order valence-corrected chi connectivity index (χ3v) is 4.33. The summed E-state index contributed by atoms with van der Waals surface area (Å²) >= 11 is 0. The standard InChI is InChI=1S/C14H21N5O/c1-14(2-3-16-11-14)13(20)19-8-6-18(7-9-19)12-10-15-4-5-17-12/h4-5,10,16H,2-3,6-9,11H2,1H3. The molecule has 6 heteroatoms. The monoisotopic (exact) mass is 275 g/mol. The molecule has 2 saturated heterocycles. The average Bonchev–Trinajstić information content (AvgIpc) is 2.96. The fourth-order valence-corrected chi connectivity index (χ4v) is 2.97. The molecule has 1 unspecified atom stereocenters. The summed E-state index contributed by atoms with van der Waals surface area (Å²) in [4.78, 5) is 25.2. The molecule has 1 N–H and O–H groups in total. The Balaban J connectivity index is 1.60. The van der Waals surface area contributed by atoms with Crippen molar-refractivity contribution in [3.05, 3.63) is 18.6 Å². The first-order valence-corrected chi connectivity index (χ1v) is 7.20. The zero-order valence-corrected chi connectivity index (χ0v) is 11.9. The minimum atomic E-state index is -0.214. The first-order chi connectivity index (χ1) is 9.69. The van der Waals surface area contributed by atoms with Crippen molar-refractivity contribution >= 4 is 11.7 Å². The van der Waals surface area contributed by atoms with Gasteiger partial charge in [0.2, 0.25) is 5.91 Å². The predicted octanol–water partition coefficient (Wildman–Crippen LogP) is 0.125. The normalized spacial score (nSPS) is 26.9. The lowest BCUT2D eigenvalue weighted by molar-refractivity contribution is -0.140. The Morgan fingerprint density at radius 3 is 2.70 bits per heavy atom. The molecule has 6 nitrogen and oxygen atoms in total. The van der Waals surface area contributed by atoms with Crippen LogP contribution in [0.5, 0.6) is 0 Å². The van der Waals surface area contributed by atoms with Crippen LogP contribution in [0.15, 0.2) is 18.6 Å². The molecule has 2 aliphatic heterocycles. The van der Waals surface area contributed by atoms with Crippen LogP contribution in [0.2, 0.25) is 0 Å². The van der Waals surface area contributed by atoms with Crippen LogP contribution in [0.4, 0.5) is 5.82 Å². The summed E-state index contributed by atoms with van der Waals surface area (Å²) in [5.74, 6) is 1.19. The zero-order chi connectivity index (χ0) is 14.0. The average molecular weight is 275 g/mol. The summed E-state index contributed by atoms with van der Waals surface area (Å²) in [5, 5.41) is 3.29. The first kappa shape index (κ1) is 13.3.